The van der Waals surface area contributed by atoms with E-state index in [-0.39, 0.29) is 11.7 Å². The minimum Gasteiger partial charge on any atom is -0.380 e. The zero-order valence-corrected chi connectivity index (χ0v) is 17.5. The molecule has 162 valence electrons. The molecule has 10 nitrogen and oxygen atoms in total. The molecule has 10 heteroatoms. The van der Waals surface area contributed by atoms with E-state index in [0.29, 0.717) is 5.65 Å². The van der Waals surface area contributed by atoms with Gasteiger partial charge in [0, 0.05) is 43.1 Å². The van der Waals surface area contributed by atoms with Crippen molar-refractivity contribution in [3.05, 3.63) is 58.9 Å². The van der Waals surface area contributed by atoms with Crippen molar-refractivity contribution < 1.29 is 4.52 Å². The second-order valence-electron chi connectivity index (χ2n) is 8.15. The first-order chi connectivity index (χ1) is 15.7. The summed E-state index contributed by atoms with van der Waals surface area (Å²) in [6.07, 6.45) is 4.97. The highest BCUT2D eigenvalue weighted by Gasteiger charge is 2.24. The van der Waals surface area contributed by atoms with Gasteiger partial charge in [-0.25, -0.2) is 24.9 Å². The molecule has 0 radical (unpaired) electrons. The summed E-state index contributed by atoms with van der Waals surface area (Å²) in [6, 6.07) is 9.88. The second-order valence-corrected chi connectivity index (χ2v) is 8.15. The highest BCUT2D eigenvalue weighted by molar-refractivity contribution is 5.82. The highest BCUT2D eigenvalue weighted by atomic mass is 16.5. The standard InChI is InChI=1S/C22H22N8O2/c1-13-9-14(10-17-20(13)28-32-17)26-18-11-19(25-12-24-18)29-7-4-15(5-8-29)30-16-3-2-6-23-21(16)27-22(30)31/h2-3,6,9-12,15,28H,4-5,7-8H2,1H3,(H,23,27,31)(H,24,25,26). The molecule has 1 aliphatic heterocycles. The number of imidazole rings is 1. The molecule has 0 aliphatic carbocycles. The summed E-state index contributed by atoms with van der Waals surface area (Å²) in [5.74, 6) is 1.59. The number of benzene rings is 1. The summed E-state index contributed by atoms with van der Waals surface area (Å²) in [5.41, 5.74) is 5.27. The molecule has 5 aromatic rings. The Morgan fingerprint density at radius 2 is 2.03 bits per heavy atom. The summed E-state index contributed by atoms with van der Waals surface area (Å²) in [7, 11) is 0. The molecule has 0 bridgehead atoms. The predicted octanol–water partition coefficient (Wildman–Crippen LogP) is 3.48. The number of hydrogen-bond donors (Lipinski definition) is 3. The van der Waals surface area contributed by atoms with Crippen LogP contribution in [0.3, 0.4) is 0 Å². The summed E-state index contributed by atoms with van der Waals surface area (Å²) >= 11 is 0. The monoisotopic (exact) mass is 430 g/mol. The molecule has 32 heavy (non-hydrogen) atoms. The lowest BCUT2D eigenvalue weighted by molar-refractivity contribution is 0.395. The van der Waals surface area contributed by atoms with Crippen LogP contribution in [0.15, 0.2) is 52.2 Å². The molecule has 0 spiro atoms. The van der Waals surface area contributed by atoms with Crippen LogP contribution in [0.5, 0.6) is 0 Å². The Morgan fingerprint density at radius 1 is 1.16 bits per heavy atom. The second kappa shape index (κ2) is 7.26. The van der Waals surface area contributed by atoms with Crippen molar-refractivity contribution in [2.24, 2.45) is 0 Å². The van der Waals surface area contributed by atoms with Gasteiger partial charge in [-0.1, -0.05) is 0 Å². The van der Waals surface area contributed by atoms with Gasteiger partial charge in [0.25, 0.3) is 0 Å². The number of anilines is 3. The van der Waals surface area contributed by atoms with Gasteiger partial charge in [-0.05, 0) is 43.5 Å². The van der Waals surface area contributed by atoms with E-state index in [2.05, 4.69) is 41.4 Å². The summed E-state index contributed by atoms with van der Waals surface area (Å²) in [6.45, 7) is 3.64. The molecule has 4 aromatic heterocycles. The predicted molar refractivity (Wildman–Crippen MR) is 121 cm³/mol. The number of H-pyrrole nitrogens is 2. The van der Waals surface area contributed by atoms with E-state index in [4.69, 9.17) is 4.52 Å². The van der Waals surface area contributed by atoms with Gasteiger partial charge in [-0.2, -0.15) is 0 Å². The van der Waals surface area contributed by atoms with Crippen LogP contribution in [-0.2, 0) is 0 Å². The summed E-state index contributed by atoms with van der Waals surface area (Å²) in [5, 5.41) is 6.18. The van der Waals surface area contributed by atoms with Gasteiger partial charge in [-0.15, -0.1) is 0 Å². The van der Waals surface area contributed by atoms with Crippen LogP contribution in [0.4, 0.5) is 17.3 Å². The molecule has 3 N–H and O–H groups in total. The number of aromatic nitrogens is 6. The fourth-order valence-electron chi connectivity index (χ4n) is 4.51. The number of piperidine rings is 1. The zero-order valence-electron chi connectivity index (χ0n) is 17.5. The van der Waals surface area contributed by atoms with Gasteiger partial charge in [0.2, 0.25) is 0 Å². The lowest BCUT2D eigenvalue weighted by Crippen LogP contribution is -2.37. The van der Waals surface area contributed by atoms with Crippen LogP contribution < -0.4 is 15.9 Å². The summed E-state index contributed by atoms with van der Waals surface area (Å²) < 4.78 is 7.11. The molecule has 1 saturated heterocycles. The van der Waals surface area contributed by atoms with Gasteiger partial charge in [0.05, 0.1) is 5.52 Å². The lowest BCUT2D eigenvalue weighted by Gasteiger charge is -2.33. The fraction of sp³-hybridized carbons (Fsp3) is 0.273. The van der Waals surface area contributed by atoms with Crippen LogP contribution >= 0.6 is 0 Å². The van der Waals surface area contributed by atoms with Crippen molar-refractivity contribution in [1.29, 1.82) is 0 Å². The number of hydrogen-bond acceptors (Lipinski definition) is 7. The molecular formula is C22H22N8O2. The van der Waals surface area contributed by atoms with Crippen molar-refractivity contribution in [3.63, 3.8) is 0 Å². The number of aromatic amines is 2. The van der Waals surface area contributed by atoms with Gasteiger partial charge in [-0.3, -0.25) is 9.55 Å². The summed E-state index contributed by atoms with van der Waals surface area (Å²) in [4.78, 5) is 30.7. The zero-order chi connectivity index (χ0) is 21.7. The lowest BCUT2D eigenvalue weighted by atomic mass is 10.0. The van der Waals surface area contributed by atoms with E-state index in [1.54, 1.807) is 12.5 Å². The minimum atomic E-state index is -0.0984. The maximum atomic E-state index is 12.5. The molecule has 1 aliphatic rings. The third kappa shape index (κ3) is 3.11. The van der Waals surface area contributed by atoms with Crippen molar-refractivity contribution in [1.82, 2.24) is 29.7 Å². The van der Waals surface area contributed by atoms with Crippen molar-refractivity contribution >= 4 is 39.6 Å². The number of pyridine rings is 1. The largest absolute Gasteiger partial charge is 0.380 e. The smallest absolute Gasteiger partial charge is 0.327 e. The Labute approximate surface area is 182 Å². The quantitative estimate of drug-likeness (QED) is 0.399. The van der Waals surface area contributed by atoms with Gasteiger partial charge in [0.15, 0.2) is 11.2 Å². The third-order valence-electron chi connectivity index (χ3n) is 6.13. The van der Waals surface area contributed by atoms with Crippen molar-refractivity contribution in [2.45, 2.75) is 25.8 Å². The molecule has 0 atom stereocenters. The number of rotatable bonds is 4. The van der Waals surface area contributed by atoms with Crippen LogP contribution in [0.2, 0.25) is 0 Å². The van der Waals surface area contributed by atoms with Gasteiger partial charge in [0.1, 0.15) is 23.5 Å². The van der Waals surface area contributed by atoms with Gasteiger partial charge < -0.3 is 14.7 Å². The Kier molecular flexibility index (Phi) is 4.23. The first kappa shape index (κ1) is 18.7. The number of aryl methyl sites for hydroxylation is 1. The maximum absolute atomic E-state index is 12.5. The SMILES string of the molecule is Cc1cc(Nc2cc(N3CCC(n4c(=O)[nH]c5ncccc54)CC3)ncn2)cc2o[nH]c12. The highest BCUT2D eigenvalue weighted by Crippen LogP contribution is 2.29. The van der Waals surface area contributed by atoms with E-state index in [1.807, 2.05) is 35.8 Å². The first-order valence-corrected chi connectivity index (χ1v) is 10.6. The van der Waals surface area contributed by atoms with Crippen LogP contribution in [0.25, 0.3) is 22.3 Å². The fourth-order valence-corrected chi connectivity index (χ4v) is 4.51. The normalized spacial score (nSPS) is 15.1. The first-order valence-electron chi connectivity index (χ1n) is 10.6. The Balaban J connectivity index is 1.18. The van der Waals surface area contributed by atoms with Gasteiger partial charge >= 0.3 is 5.69 Å². The van der Waals surface area contributed by atoms with Crippen molar-refractivity contribution in [3.8, 4) is 0 Å². The van der Waals surface area contributed by atoms with Crippen molar-refractivity contribution in [2.75, 3.05) is 23.3 Å². The van der Waals surface area contributed by atoms with Crippen LogP contribution in [0.1, 0.15) is 24.4 Å². The van der Waals surface area contributed by atoms with E-state index in [0.717, 1.165) is 65.4 Å². The van der Waals surface area contributed by atoms with E-state index >= 15 is 0 Å². The molecular weight excluding hydrogens is 408 g/mol. The Morgan fingerprint density at radius 3 is 2.81 bits per heavy atom. The minimum absolute atomic E-state index is 0.0984. The molecule has 5 heterocycles. The molecule has 0 unspecified atom stereocenters. The average molecular weight is 430 g/mol. The van der Waals surface area contributed by atoms with Crippen LogP contribution in [-0.4, -0.2) is 42.7 Å². The molecule has 0 amide bonds. The molecule has 1 aromatic carbocycles. The molecule has 1 fully saturated rings. The average Bonchev–Trinajstić information content (AvgIpc) is 3.12. The van der Waals surface area contributed by atoms with Crippen LogP contribution in [0, 0.1) is 6.92 Å². The molecule has 0 saturated carbocycles. The topological polar surface area (TPSA) is 121 Å². The van der Waals surface area contributed by atoms with E-state index in [1.165, 1.54) is 0 Å². The Hall–Kier alpha value is -4.08. The molecule has 6 rings (SSSR count). The van der Waals surface area contributed by atoms with E-state index in [9.17, 15) is 4.79 Å². The van der Waals surface area contributed by atoms with E-state index < -0.39 is 0 Å². The number of fused-ring (bicyclic) bond motifs is 2. The Bertz CT molecular complexity index is 1470. The number of nitrogens with zero attached hydrogens (tertiary/aromatic N) is 5. The third-order valence-corrected chi connectivity index (χ3v) is 6.13. The number of nitrogens with one attached hydrogen (secondary N) is 3. The maximum Gasteiger partial charge on any atom is 0.327 e.